The molecule has 0 fully saturated rings. The van der Waals surface area contributed by atoms with E-state index in [0.29, 0.717) is 12.2 Å². The van der Waals surface area contributed by atoms with Crippen LogP contribution in [0.3, 0.4) is 0 Å². The number of benzene rings is 2. The van der Waals surface area contributed by atoms with Crippen molar-refractivity contribution in [3.05, 3.63) is 65.5 Å². The fourth-order valence-corrected chi connectivity index (χ4v) is 1.79. The Balaban J connectivity index is 1.82. The van der Waals surface area contributed by atoms with E-state index in [9.17, 15) is 4.39 Å². The SMILES string of the molecule is N#Cc1ccc(OCCCc2ccccc2)c(F)c1. The van der Waals surface area contributed by atoms with Gasteiger partial charge in [-0.3, -0.25) is 0 Å². The van der Waals surface area contributed by atoms with Gasteiger partial charge in [0.05, 0.1) is 18.2 Å². The lowest BCUT2D eigenvalue weighted by Gasteiger charge is -2.07. The van der Waals surface area contributed by atoms with Crippen LogP contribution < -0.4 is 4.74 Å². The van der Waals surface area contributed by atoms with Crippen molar-refractivity contribution in [3.63, 3.8) is 0 Å². The minimum Gasteiger partial charge on any atom is -0.491 e. The van der Waals surface area contributed by atoms with Gasteiger partial charge in [0.1, 0.15) is 0 Å². The van der Waals surface area contributed by atoms with Gasteiger partial charge >= 0.3 is 0 Å². The predicted octanol–water partition coefficient (Wildman–Crippen LogP) is 3.71. The molecule has 0 aliphatic rings. The van der Waals surface area contributed by atoms with E-state index in [2.05, 4.69) is 12.1 Å². The lowest BCUT2D eigenvalue weighted by molar-refractivity contribution is 0.295. The highest BCUT2D eigenvalue weighted by atomic mass is 19.1. The largest absolute Gasteiger partial charge is 0.491 e. The van der Waals surface area contributed by atoms with Gasteiger partial charge in [-0.25, -0.2) is 4.39 Å². The summed E-state index contributed by atoms with van der Waals surface area (Å²) < 4.78 is 18.9. The number of aryl methyl sites for hydroxylation is 1. The third-order valence-corrected chi connectivity index (χ3v) is 2.77. The summed E-state index contributed by atoms with van der Waals surface area (Å²) in [6, 6.07) is 16.2. The average Bonchev–Trinajstić information content (AvgIpc) is 2.46. The molecule has 0 aliphatic heterocycles. The number of hydrogen-bond acceptors (Lipinski definition) is 2. The number of rotatable bonds is 5. The molecule has 19 heavy (non-hydrogen) atoms. The molecular formula is C16H14FNO. The van der Waals surface area contributed by atoms with Gasteiger partial charge in [0, 0.05) is 0 Å². The van der Waals surface area contributed by atoms with E-state index in [1.807, 2.05) is 24.3 Å². The normalized spacial score (nSPS) is 9.89. The maximum atomic E-state index is 13.5. The summed E-state index contributed by atoms with van der Waals surface area (Å²) in [5, 5.41) is 8.64. The Morgan fingerprint density at radius 3 is 2.58 bits per heavy atom. The first-order valence-electron chi connectivity index (χ1n) is 6.16. The summed E-state index contributed by atoms with van der Waals surface area (Å²) in [5.74, 6) is -0.286. The zero-order valence-electron chi connectivity index (χ0n) is 10.5. The molecule has 0 radical (unpaired) electrons. The third-order valence-electron chi connectivity index (χ3n) is 2.77. The lowest BCUT2D eigenvalue weighted by atomic mass is 10.1. The summed E-state index contributed by atoms with van der Waals surface area (Å²) in [7, 11) is 0. The zero-order chi connectivity index (χ0) is 13.5. The van der Waals surface area contributed by atoms with E-state index in [0.717, 1.165) is 12.8 Å². The highest BCUT2D eigenvalue weighted by Crippen LogP contribution is 2.18. The number of hydrogen-bond donors (Lipinski definition) is 0. The van der Waals surface area contributed by atoms with Gasteiger partial charge in [0.15, 0.2) is 11.6 Å². The molecule has 0 N–H and O–H groups in total. The number of halogens is 1. The van der Waals surface area contributed by atoms with Crippen LogP contribution >= 0.6 is 0 Å². The van der Waals surface area contributed by atoms with Crippen LogP contribution in [0.5, 0.6) is 5.75 Å². The maximum absolute atomic E-state index is 13.5. The van der Waals surface area contributed by atoms with Gasteiger partial charge < -0.3 is 4.74 Å². The van der Waals surface area contributed by atoms with Crippen molar-refractivity contribution in [2.45, 2.75) is 12.8 Å². The summed E-state index contributed by atoms with van der Waals surface area (Å²) >= 11 is 0. The first-order chi connectivity index (χ1) is 9.29. The molecule has 2 aromatic carbocycles. The molecule has 0 atom stereocenters. The Bertz CT molecular complexity index is 575. The van der Waals surface area contributed by atoms with E-state index in [4.69, 9.17) is 10.00 Å². The van der Waals surface area contributed by atoms with Crippen molar-refractivity contribution in [3.8, 4) is 11.8 Å². The Kier molecular flexibility index (Phi) is 4.52. The molecule has 2 aromatic rings. The van der Waals surface area contributed by atoms with E-state index >= 15 is 0 Å². The highest BCUT2D eigenvalue weighted by Gasteiger charge is 2.04. The second-order valence-corrected chi connectivity index (χ2v) is 4.19. The Morgan fingerprint density at radius 1 is 1.11 bits per heavy atom. The number of nitrogens with zero attached hydrogens (tertiary/aromatic N) is 1. The standard InChI is InChI=1S/C16H14FNO/c17-15-11-14(12-18)8-9-16(15)19-10-4-7-13-5-2-1-3-6-13/h1-3,5-6,8-9,11H,4,7,10H2. The second-order valence-electron chi connectivity index (χ2n) is 4.19. The quantitative estimate of drug-likeness (QED) is 0.763. The summed E-state index contributed by atoms with van der Waals surface area (Å²) in [5.41, 5.74) is 1.54. The molecule has 0 heterocycles. The smallest absolute Gasteiger partial charge is 0.166 e. The molecule has 2 nitrogen and oxygen atoms in total. The Labute approximate surface area is 112 Å². The molecule has 0 aliphatic carbocycles. The van der Waals surface area contributed by atoms with Gasteiger partial charge in [0.2, 0.25) is 0 Å². The molecule has 2 rings (SSSR count). The van der Waals surface area contributed by atoms with Gasteiger partial charge in [-0.15, -0.1) is 0 Å². The van der Waals surface area contributed by atoms with Gasteiger partial charge in [-0.2, -0.15) is 5.26 Å². The first kappa shape index (κ1) is 13.1. The van der Waals surface area contributed by atoms with Crippen LogP contribution in [0.1, 0.15) is 17.5 Å². The fourth-order valence-electron chi connectivity index (χ4n) is 1.79. The Morgan fingerprint density at radius 2 is 1.89 bits per heavy atom. The van der Waals surface area contributed by atoms with Crippen LogP contribution in [0.25, 0.3) is 0 Å². The van der Waals surface area contributed by atoms with Crippen LogP contribution in [0, 0.1) is 17.1 Å². The molecule has 0 saturated heterocycles. The molecule has 3 heteroatoms. The summed E-state index contributed by atoms with van der Waals surface area (Å²) in [6.45, 7) is 0.456. The fraction of sp³-hybridized carbons (Fsp3) is 0.188. The average molecular weight is 255 g/mol. The number of nitriles is 1. The van der Waals surface area contributed by atoms with E-state index in [1.54, 1.807) is 6.07 Å². The van der Waals surface area contributed by atoms with Crippen molar-refractivity contribution in [2.24, 2.45) is 0 Å². The van der Waals surface area contributed by atoms with Crippen LogP contribution in [-0.2, 0) is 6.42 Å². The minimum atomic E-state index is -0.487. The van der Waals surface area contributed by atoms with Crippen LogP contribution in [-0.4, -0.2) is 6.61 Å². The third kappa shape index (κ3) is 3.82. The van der Waals surface area contributed by atoms with E-state index in [-0.39, 0.29) is 5.75 Å². The molecular weight excluding hydrogens is 241 g/mol. The molecule has 96 valence electrons. The molecule has 0 bridgehead atoms. The van der Waals surface area contributed by atoms with Crippen molar-refractivity contribution in [1.29, 1.82) is 5.26 Å². The van der Waals surface area contributed by atoms with Crippen LogP contribution in [0.15, 0.2) is 48.5 Å². The van der Waals surface area contributed by atoms with E-state index in [1.165, 1.54) is 17.7 Å². The van der Waals surface area contributed by atoms with Crippen molar-refractivity contribution >= 4 is 0 Å². The first-order valence-corrected chi connectivity index (χ1v) is 6.16. The van der Waals surface area contributed by atoms with Crippen LogP contribution in [0.2, 0.25) is 0 Å². The Hall–Kier alpha value is -2.34. The highest BCUT2D eigenvalue weighted by molar-refractivity contribution is 5.35. The molecule has 0 amide bonds. The van der Waals surface area contributed by atoms with Crippen molar-refractivity contribution < 1.29 is 9.13 Å². The predicted molar refractivity (Wildman–Crippen MR) is 71.4 cm³/mol. The van der Waals surface area contributed by atoms with Gasteiger partial charge in [-0.05, 0) is 36.6 Å². The number of ether oxygens (including phenoxy) is 1. The van der Waals surface area contributed by atoms with Gasteiger partial charge in [-0.1, -0.05) is 30.3 Å². The van der Waals surface area contributed by atoms with Gasteiger partial charge in [0.25, 0.3) is 0 Å². The van der Waals surface area contributed by atoms with Crippen molar-refractivity contribution in [1.82, 2.24) is 0 Å². The van der Waals surface area contributed by atoms with Crippen molar-refractivity contribution in [2.75, 3.05) is 6.61 Å². The lowest BCUT2D eigenvalue weighted by Crippen LogP contribution is -2.01. The molecule has 0 aromatic heterocycles. The second kappa shape index (κ2) is 6.55. The van der Waals surface area contributed by atoms with E-state index < -0.39 is 5.82 Å². The van der Waals surface area contributed by atoms with Crippen LogP contribution in [0.4, 0.5) is 4.39 Å². The zero-order valence-corrected chi connectivity index (χ0v) is 10.5. The summed E-state index contributed by atoms with van der Waals surface area (Å²) in [6.07, 6.45) is 1.72. The minimum absolute atomic E-state index is 0.201. The summed E-state index contributed by atoms with van der Waals surface area (Å²) in [4.78, 5) is 0. The molecule has 0 spiro atoms. The topological polar surface area (TPSA) is 33.0 Å². The monoisotopic (exact) mass is 255 g/mol. The maximum Gasteiger partial charge on any atom is 0.166 e. The molecule has 0 saturated carbocycles. The molecule has 0 unspecified atom stereocenters.